The van der Waals surface area contributed by atoms with Gasteiger partial charge in [-0.15, -0.1) is 0 Å². The molecule has 7 nitrogen and oxygen atoms in total. The Morgan fingerprint density at radius 1 is 1.47 bits per heavy atom. The molecule has 0 amide bonds. The van der Waals surface area contributed by atoms with E-state index < -0.39 is 25.4 Å². The Morgan fingerprint density at radius 3 is 2.71 bits per heavy atom. The Bertz CT molecular complexity index is 530. The van der Waals surface area contributed by atoms with Crippen LogP contribution in [0, 0.1) is 0 Å². The van der Waals surface area contributed by atoms with Crippen LogP contribution in [0.1, 0.15) is 0 Å². The smallest absolute Gasteiger partial charge is 0.328 e. The average Bonchev–Trinajstić information content (AvgIpc) is 2.18. The first kappa shape index (κ1) is 14.1. The summed E-state index contributed by atoms with van der Waals surface area (Å²) in [6.07, 6.45) is 3.18. The Morgan fingerprint density at radius 2 is 2.12 bits per heavy atom. The number of rotatable bonds is 4. The second-order valence-corrected chi connectivity index (χ2v) is 5.23. The van der Waals surface area contributed by atoms with Gasteiger partial charge >= 0.3 is 5.69 Å². The molecule has 9 heteroatoms. The first-order chi connectivity index (χ1) is 7.79. The van der Waals surface area contributed by atoms with E-state index in [1.54, 1.807) is 0 Å². The molecule has 0 aliphatic heterocycles. The van der Waals surface area contributed by atoms with Gasteiger partial charge in [0.05, 0.1) is 6.16 Å². The lowest BCUT2D eigenvalue weighted by molar-refractivity contribution is -0.330. The largest absolute Gasteiger partial charge is 0.659 e. The molecule has 0 radical (unpaired) electrons. The molecule has 1 heterocycles. The van der Waals surface area contributed by atoms with E-state index in [1.807, 2.05) is 4.98 Å². The van der Waals surface area contributed by atoms with E-state index in [-0.39, 0.29) is 11.6 Å². The molecule has 0 spiro atoms. The SMILES string of the molecule is O=c1[nH]c(=O)n(C/C=C\C[P+]([O-])([O-])O)cc1Cl. The fourth-order valence-corrected chi connectivity index (χ4v) is 1.59. The molecule has 1 aromatic heterocycles. The van der Waals surface area contributed by atoms with E-state index in [0.717, 1.165) is 10.8 Å². The number of halogens is 1. The number of nitrogens with zero attached hydrogens (tertiary/aromatic N) is 1. The molecule has 94 valence electrons. The van der Waals surface area contributed by atoms with E-state index in [2.05, 4.69) is 0 Å². The topological polar surface area (TPSA) is 121 Å². The minimum atomic E-state index is -4.32. The molecule has 17 heavy (non-hydrogen) atoms. The monoisotopic (exact) mass is 279 g/mol. The summed E-state index contributed by atoms with van der Waals surface area (Å²) in [6.45, 7) is 0.0370. The Balaban J connectivity index is 2.74. The molecule has 0 saturated heterocycles. The van der Waals surface area contributed by atoms with Crippen molar-refractivity contribution in [3.63, 3.8) is 0 Å². The number of aromatic amines is 1. The number of hydrogen-bond donors (Lipinski definition) is 2. The molecule has 0 aliphatic carbocycles. The van der Waals surface area contributed by atoms with Gasteiger partial charge < -0.3 is 9.79 Å². The summed E-state index contributed by atoms with van der Waals surface area (Å²) in [5.41, 5.74) is -1.34. The zero-order chi connectivity index (χ0) is 13.1. The lowest BCUT2D eigenvalue weighted by atomic mass is 10.5. The highest BCUT2D eigenvalue weighted by molar-refractivity contribution is 7.55. The van der Waals surface area contributed by atoms with Gasteiger partial charge in [0.2, 0.25) is 0 Å². The zero-order valence-electron chi connectivity index (χ0n) is 8.50. The summed E-state index contributed by atoms with van der Waals surface area (Å²) in [4.78, 5) is 53.4. The molecular weight excluding hydrogens is 271 g/mol. The maximum Gasteiger partial charge on any atom is 0.328 e. The number of nitrogens with one attached hydrogen (secondary N) is 1. The molecule has 2 N–H and O–H groups in total. The Kier molecular flexibility index (Phi) is 4.62. The fraction of sp³-hybridized carbons (Fsp3) is 0.250. The van der Waals surface area contributed by atoms with E-state index >= 15 is 0 Å². The first-order valence-electron chi connectivity index (χ1n) is 4.47. The minimum absolute atomic E-state index is 0.0370. The highest BCUT2D eigenvalue weighted by Crippen LogP contribution is 2.32. The van der Waals surface area contributed by atoms with Gasteiger partial charge in [0, 0.05) is 20.7 Å². The zero-order valence-corrected chi connectivity index (χ0v) is 10.1. The second-order valence-electron chi connectivity index (χ2n) is 3.18. The molecular formula is C8H9ClN2O5P-. The molecule has 0 aromatic carbocycles. The van der Waals surface area contributed by atoms with Crippen molar-refractivity contribution >= 4 is 19.5 Å². The maximum absolute atomic E-state index is 11.2. The van der Waals surface area contributed by atoms with Crippen molar-refractivity contribution in [3.8, 4) is 0 Å². The highest BCUT2D eigenvalue weighted by Gasteiger charge is 2.03. The Labute approximate surface area is 101 Å². The second kappa shape index (κ2) is 5.57. The third-order valence-electron chi connectivity index (χ3n) is 1.77. The van der Waals surface area contributed by atoms with Crippen molar-refractivity contribution < 1.29 is 14.7 Å². The number of H-pyrrole nitrogens is 1. The van der Waals surface area contributed by atoms with Crippen molar-refractivity contribution in [1.29, 1.82) is 0 Å². The normalized spacial score (nSPS) is 12.2. The van der Waals surface area contributed by atoms with E-state index in [9.17, 15) is 19.4 Å². The Hall–Kier alpha value is -0.980. The minimum Gasteiger partial charge on any atom is -0.659 e. The van der Waals surface area contributed by atoms with Gasteiger partial charge in [-0.1, -0.05) is 17.7 Å². The van der Waals surface area contributed by atoms with Crippen LogP contribution in [0.15, 0.2) is 27.9 Å². The summed E-state index contributed by atoms with van der Waals surface area (Å²) in [7, 11) is -4.32. The van der Waals surface area contributed by atoms with Gasteiger partial charge in [-0.3, -0.25) is 19.2 Å². The summed E-state index contributed by atoms with van der Waals surface area (Å²) in [6, 6.07) is 0. The van der Waals surface area contributed by atoms with Crippen LogP contribution in [0.5, 0.6) is 0 Å². The van der Waals surface area contributed by atoms with E-state index in [0.29, 0.717) is 0 Å². The third kappa shape index (κ3) is 4.80. The van der Waals surface area contributed by atoms with Crippen LogP contribution in [0.4, 0.5) is 0 Å². The standard InChI is InChI=1S/C8H10ClN2O5P/c9-6-5-11(8(13)10-7(6)12)3-1-2-4-17(14,15)16/h1-2,5H,3-4H2,(H,10,12,13)(H2,14,15,16)/p-1/b2-1-. The molecule has 0 atom stereocenters. The van der Waals surface area contributed by atoms with Gasteiger partial charge in [-0.05, 0) is 6.08 Å². The van der Waals surface area contributed by atoms with Crippen LogP contribution < -0.4 is 21.0 Å². The third-order valence-corrected chi connectivity index (χ3v) is 2.71. The van der Waals surface area contributed by atoms with Crippen molar-refractivity contribution in [2.45, 2.75) is 6.54 Å². The molecule has 0 bridgehead atoms. The number of hydrogen-bond acceptors (Lipinski definition) is 5. The van der Waals surface area contributed by atoms with Crippen LogP contribution >= 0.6 is 19.5 Å². The van der Waals surface area contributed by atoms with Crippen LogP contribution in [-0.4, -0.2) is 20.6 Å². The van der Waals surface area contributed by atoms with Crippen molar-refractivity contribution in [3.05, 3.63) is 44.2 Å². The van der Waals surface area contributed by atoms with Crippen molar-refractivity contribution in [1.82, 2.24) is 9.55 Å². The molecule has 1 aromatic rings. The average molecular weight is 280 g/mol. The highest BCUT2D eigenvalue weighted by atomic mass is 35.5. The summed E-state index contributed by atoms with van der Waals surface area (Å²) in [5, 5.41) is -0.144. The van der Waals surface area contributed by atoms with Gasteiger partial charge in [0.15, 0.2) is 0 Å². The van der Waals surface area contributed by atoms with Crippen molar-refractivity contribution in [2.24, 2.45) is 0 Å². The van der Waals surface area contributed by atoms with E-state index in [4.69, 9.17) is 16.5 Å². The van der Waals surface area contributed by atoms with Gasteiger partial charge in [-0.25, -0.2) is 4.79 Å². The molecule has 1 rings (SSSR count). The van der Waals surface area contributed by atoms with Gasteiger partial charge in [0.1, 0.15) is 5.02 Å². The van der Waals surface area contributed by atoms with Crippen LogP contribution in [-0.2, 0) is 6.54 Å². The first-order valence-corrected chi connectivity index (χ1v) is 6.61. The molecule has 0 aliphatic rings. The lowest BCUT2D eigenvalue weighted by Crippen LogP contribution is -2.29. The van der Waals surface area contributed by atoms with Crippen molar-refractivity contribution in [2.75, 3.05) is 6.16 Å². The summed E-state index contributed by atoms with van der Waals surface area (Å²) < 4.78 is 1.09. The van der Waals surface area contributed by atoms with Crippen LogP contribution in [0.25, 0.3) is 0 Å². The maximum atomic E-state index is 11.2. The predicted octanol–water partition coefficient (Wildman–Crippen LogP) is -1.78. The number of allylic oxidation sites excluding steroid dienone is 2. The van der Waals surface area contributed by atoms with Crippen LogP contribution in [0.2, 0.25) is 5.02 Å². The molecule has 0 fully saturated rings. The van der Waals surface area contributed by atoms with Gasteiger partial charge in [0.25, 0.3) is 5.56 Å². The number of aromatic nitrogens is 2. The van der Waals surface area contributed by atoms with E-state index in [1.165, 1.54) is 12.2 Å². The summed E-state index contributed by atoms with van der Waals surface area (Å²) >= 11 is 5.51. The molecule has 0 saturated carbocycles. The molecule has 0 unspecified atom stereocenters. The predicted molar refractivity (Wildman–Crippen MR) is 59.5 cm³/mol. The quantitative estimate of drug-likeness (QED) is 0.498. The van der Waals surface area contributed by atoms with Crippen LogP contribution in [0.3, 0.4) is 0 Å². The summed E-state index contributed by atoms with van der Waals surface area (Å²) in [5.74, 6) is 0. The fourth-order valence-electron chi connectivity index (χ4n) is 1.01. The lowest BCUT2D eigenvalue weighted by Gasteiger charge is -2.25. The van der Waals surface area contributed by atoms with Gasteiger partial charge in [-0.2, -0.15) is 0 Å².